The van der Waals surface area contributed by atoms with Crippen LogP contribution in [-0.2, 0) is 4.79 Å². The molecule has 6 nitrogen and oxygen atoms in total. The quantitative estimate of drug-likeness (QED) is 0.754. The van der Waals surface area contributed by atoms with E-state index in [2.05, 4.69) is 5.32 Å². The van der Waals surface area contributed by atoms with Crippen LogP contribution in [0.15, 0.2) is 24.3 Å². The Hall–Kier alpha value is -2.73. The molecule has 0 saturated carbocycles. The molecule has 0 unspecified atom stereocenters. The number of benzene rings is 1. The summed E-state index contributed by atoms with van der Waals surface area (Å²) in [5.41, 5.74) is 0.817. The Morgan fingerprint density at radius 3 is 2.27 bits per heavy atom. The van der Waals surface area contributed by atoms with Crippen LogP contribution in [0.25, 0.3) is 0 Å². The molecule has 0 spiro atoms. The molecular weight excluding hydrogens is 280 g/mol. The summed E-state index contributed by atoms with van der Waals surface area (Å²) in [4.78, 5) is 13.7. The largest absolute Gasteiger partial charge is 0.494 e. The number of rotatable bonds is 9. The Morgan fingerprint density at radius 2 is 1.77 bits per heavy atom. The van der Waals surface area contributed by atoms with Gasteiger partial charge in [-0.25, -0.2) is 0 Å². The number of nitrogens with one attached hydrogen (secondary N) is 1. The summed E-state index contributed by atoms with van der Waals surface area (Å²) in [6.45, 7) is 3.36. The van der Waals surface area contributed by atoms with Gasteiger partial charge in [0.1, 0.15) is 5.75 Å². The van der Waals surface area contributed by atoms with E-state index in [-0.39, 0.29) is 25.3 Å². The van der Waals surface area contributed by atoms with Crippen LogP contribution in [0, 0.1) is 22.7 Å². The van der Waals surface area contributed by atoms with Crippen molar-refractivity contribution in [2.24, 2.45) is 0 Å². The summed E-state index contributed by atoms with van der Waals surface area (Å²) in [6.07, 6.45) is 0.528. The highest BCUT2D eigenvalue weighted by molar-refractivity contribution is 5.80. The van der Waals surface area contributed by atoms with Crippen LogP contribution in [0.4, 0.5) is 5.69 Å². The van der Waals surface area contributed by atoms with E-state index in [0.29, 0.717) is 19.7 Å². The highest BCUT2D eigenvalue weighted by Crippen LogP contribution is 2.15. The first-order valence-corrected chi connectivity index (χ1v) is 7.19. The van der Waals surface area contributed by atoms with Gasteiger partial charge < -0.3 is 15.0 Å². The Morgan fingerprint density at radius 1 is 1.18 bits per heavy atom. The molecule has 1 aromatic carbocycles. The summed E-state index contributed by atoms with van der Waals surface area (Å²) in [7, 11) is 0. The van der Waals surface area contributed by atoms with Gasteiger partial charge in [-0.3, -0.25) is 4.79 Å². The maximum absolute atomic E-state index is 12.1. The molecule has 1 amide bonds. The monoisotopic (exact) mass is 300 g/mol. The number of carbonyl (C=O) groups is 1. The van der Waals surface area contributed by atoms with Crippen molar-refractivity contribution < 1.29 is 9.53 Å². The molecule has 0 radical (unpaired) electrons. The van der Waals surface area contributed by atoms with Crippen LogP contribution in [0.1, 0.15) is 19.8 Å². The zero-order valence-electron chi connectivity index (χ0n) is 12.7. The highest BCUT2D eigenvalue weighted by Gasteiger charge is 2.12. The molecule has 0 atom stereocenters. The Bertz CT molecular complexity index is 525. The van der Waals surface area contributed by atoms with Crippen molar-refractivity contribution >= 4 is 11.6 Å². The third-order valence-electron chi connectivity index (χ3n) is 2.95. The first-order chi connectivity index (χ1) is 10.7. The molecular formula is C16H20N4O2. The molecule has 1 rings (SSSR count). The summed E-state index contributed by atoms with van der Waals surface area (Å²) in [5.74, 6) is 0.656. The lowest BCUT2D eigenvalue weighted by atomic mass is 10.3. The smallest absolute Gasteiger partial charge is 0.241 e. The Kier molecular flexibility index (Phi) is 7.92. The van der Waals surface area contributed by atoms with Gasteiger partial charge in [0.15, 0.2) is 0 Å². The van der Waals surface area contributed by atoms with Crippen molar-refractivity contribution in [1.82, 2.24) is 4.90 Å². The molecule has 1 aromatic rings. The fourth-order valence-electron chi connectivity index (χ4n) is 1.86. The van der Waals surface area contributed by atoms with Crippen molar-refractivity contribution in [1.29, 1.82) is 10.5 Å². The van der Waals surface area contributed by atoms with Gasteiger partial charge in [0.2, 0.25) is 5.91 Å². The number of nitrogens with zero attached hydrogens (tertiary/aromatic N) is 3. The van der Waals surface area contributed by atoms with Crippen molar-refractivity contribution in [2.75, 3.05) is 31.6 Å². The topological polar surface area (TPSA) is 89.2 Å². The lowest BCUT2D eigenvalue weighted by Gasteiger charge is -2.20. The second-order valence-corrected chi connectivity index (χ2v) is 4.51. The molecule has 0 aromatic heterocycles. The van der Waals surface area contributed by atoms with E-state index in [4.69, 9.17) is 15.3 Å². The van der Waals surface area contributed by atoms with Gasteiger partial charge in [-0.1, -0.05) is 0 Å². The molecule has 116 valence electrons. The number of nitriles is 2. The van der Waals surface area contributed by atoms with Crippen molar-refractivity contribution in [3.63, 3.8) is 0 Å². The van der Waals surface area contributed by atoms with Crippen molar-refractivity contribution in [3.05, 3.63) is 24.3 Å². The normalized spacial score (nSPS) is 9.41. The predicted octanol–water partition coefficient (Wildman–Crippen LogP) is 2.15. The zero-order valence-corrected chi connectivity index (χ0v) is 12.7. The van der Waals surface area contributed by atoms with Gasteiger partial charge in [-0.05, 0) is 31.2 Å². The first-order valence-electron chi connectivity index (χ1n) is 7.19. The third-order valence-corrected chi connectivity index (χ3v) is 2.95. The number of hydrogen-bond acceptors (Lipinski definition) is 5. The summed E-state index contributed by atoms with van der Waals surface area (Å²) < 4.78 is 5.35. The van der Waals surface area contributed by atoms with Crippen LogP contribution in [0.2, 0.25) is 0 Å². The van der Waals surface area contributed by atoms with Gasteiger partial charge in [0.25, 0.3) is 0 Å². The molecule has 0 aliphatic rings. The number of carbonyl (C=O) groups excluding carboxylic acids is 1. The van der Waals surface area contributed by atoms with E-state index in [1.54, 1.807) is 0 Å². The van der Waals surface area contributed by atoms with Crippen LogP contribution in [0.3, 0.4) is 0 Å². The van der Waals surface area contributed by atoms with Gasteiger partial charge >= 0.3 is 0 Å². The lowest BCUT2D eigenvalue weighted by molar-refractivity contribution is -0.129. The third kappa shape index (κ3) is 6.15. The first kappa shape index (κ1) is 17.3. The van der Waals surface area contributed by atoms with E-state index in [0.717, 1.165) is 11.4 Å². The van der Waals surface area contributed by atoms with Crippen LogP contribution in [-0.4, -0.2) is 37.0 Å². The summed E-state index contributed by atoms with van der Waals surface area (Å²) in [5, 5.41) is 20.3. The fourth-order valence-corrected chi connectivity index (χ4v) is 1.86. The SMILES string of the molecule is CCOc1ccc(NCC(=O)N(CCC#N)CCC#N)cc1. The van der Waals surface area contributed by atoms with Crippen LogP contribution >= 0.6 is 0 Å². The summed E-state index contributed by atoms with van der Waals surface area (Å²) in [6, 6.07) is 11.4. The van der Waals surface area contributed by atoms with Crippen molar-refractivity contribution in [3.8, 4) is 17.9 Å². The molecule has 0 heterocycles. The van der Waals surface area contributed by atoms with Gasteiger partial charge in [-0.15, -0.1) is 0 Å². The fraction of sp³-hybridized carbons (Fsp3) is 0.438. The second kappa shape index (κ2) is 10.1. The van der Waals surface area contributed by atoms with E-state index in [1.165, 1.54) is 4.90 Å². The number of anilines is 1. The predicted molar refractivity (Wildman–Crippen MR) is 83.1 cm³/mol. The lowest BCUT2D eigenvalue weighted by Crippen LogP contribution is -2.36. The Labute approximate surface area is 130 Å². The summed E-state index contributed by atoms with van der Waals surface area (Å²) >= 11 is 0. The van der Waals surface area contributed by atoms with Crippen LogP contribution < -0.4 is 10.1 Å². The van der Waals surface area contributed by atoms with Crippen molar-refractivity contribution in [2.45, 2.75) is 19.8 Å². The molecule has 6 heteroatoms. The van der Waals surface area contributed by atoms with E-state index < -0.39 is 0 Å². The zero-order chi connectivity index (χ0) is 16.2. The molecule has 0 bridgehead atoms. The number of amides is 1. The minimum Gasteiger partial charge on any atom is -0.494 e. The molecule has 22 heavy (non-hydrogen) atoms. The molecule has 1 N–H and O–H groups in total. The minimum atomic E-state index is -0.126. The van der Waals surface area contributed by atoms with Gasteiger partial charge in [0, 0.05) is 18.8 Å². The standard InChI is InChI=1S/C16H20N4O2/c1-2-22-15-7-5-14(6-8-15)19-13-16(21)20(11-3-9-17)12-4-10-18/h5-8,19H,2-4,11-13H2,1H3. The highest BCUT2D eigenvalue weighted by atomic mass is 16.5. The van der Waals surface area contributed by atoms with Gasteiger partial charge in [0.05, 0.1) is 38.1 Å². The minimum absolute atomic E-state index is 0.126. The van der Waals surface area contributed by atoms with Crippen LogP contribution in [0.5, 0.6) is 5.75 Å². The maximum atomic E-state index is 12.1. The number of ether oxygens (including phenoxy) is 1. The van der Waals surface area contributed by atoms with E-state index in [9.17, 15) is 4.79 Å². The second-order valence-electron chi connectivity index (χ2n) is 4.51. The average molecular weight is 300 g/mol. The molecule has 0 aliphatic carbocycles. The molecule has 0 aliphatic heterocycles. The van der Waals surface area contributed by atoms with E-state index >= 15 is 0 Å². The van der Waals surface area contributed by atoms with Gasteiger partial charge in [-0.2, -0.15) is 10.5 Å². The number of hydrogen-bond donors (Lipinski definition) is 1. The molecule has 0 fully saturated rings. The maximum Gasteiger partial charge on any atom is 0.241 e. The average Bonchev–Trinajstić information content (AvgIpc) is 2.54. The Balaban J connectivity index is 2.50. The molecule has 0 saturated heterocycles. The van der Waals surface area contributed by atoms with E-state index in [1.807, 2.05) is 43.3 Å².